The summed E-state index contributed by atoms with van der Waals surface area (Å²) in [5.74, 6) is -7.84. The Kier molecular flexibility index (Phi) is 15.7. The van der Waals surface area contributed by atoms with Gasteiger partial charge in [-0.25, -0.2) is 4.98 Å². The third-order valence-electron chi connectivity index (χ3n) is 14.1. The average Bonchev–Trinajstić information content (AvgIpc) is 3.82. The Balaban J connectivity index is 1.64. The number of nitrogens with zero attached hydrogens (tertiary/aromatic N) is 2. The summed E-state index contributed by atoms with van der Waals surface area (Å²) in [5.41, 5.74) is 14.8. The van der Waals surface area contributed by atoms with Crippen molar-refractivity contribution in [3.05, 3.63) is 90.8 Å². The van der Waals surface area contributed by atoms with Gasteiger partial charge in [0.1, 0.15) is 11.8 Å². The van der Waals surface area contributed by atoms with E-state index in [2.05, 4.69) is 20.3 Å². The van der Waals surface area contributed by atoms with Crippen molar-refractivity contribution in [3.63, 3.8) is 0 Å². The summed E-state index contributed by atoms with van der Waals surface area (Å²) in [5, 5.41) is 31.9. The second-order valence-electron chi connectivity index (χ2n) is 18.2. The molecule has 2 saturated carbocycles. The van der Waals surface area contributed by atoms with Crippen LogP contribution in [0.25, 0.3) is 10.8 Å². The highest BCUT2D eigenvalue weighted by Crippen LogP contribution is 2.52. The first-order valence-corrected chi connectivity index (χ1v) is 22.8. The molecule has 2 heterocycles. The van der Waals surface area contributed by atoms with Gasteiger partial charge in [-0.2, -0.15) is 0 Å². The molecule has 0 aliphatic heterocycles. The number of rotatable bonds is 21. The maximum atomic E-state index is 16.2. The first kappa shape index (κ1) is 47.6. The summed E-state index contributed by atoms with van der Waals surface area (Å²) in [6.45, 7) is 4.74. The van der Waals surface area contributed by atoms with Crippen molar-refractivity contribution in [3.8, 4) is 5.75 Å². The summed E-state index contributed by atoms with van der Waals surface area (Å²) in [4.78, 5) is 73.4. The number of pyridine rings is 1. The van der Waals surface area contributed by atoms with E-state index in [0.29, 0.717) is 30.3 Å². The van der Waals surface area contributed by atoms with Gasteiger partial charge >= 0.3 is 0 Å². The molecule has 0 bridgehead atoms. The van der Waals surface area contributed by atoms with Crippen molar-refractivity contribution in [1.29, 1.82) is 0 Å². The van der Waals surface area contributed by atoms with Crippen LogP contribution in [0.3, 0.4) is 0 Å². The summed E-state index contributed by atoms with van der Waals surface area (Å²) in [7, 11) is 0. The number of amides is 1. The number of nitrogens with one attached hydrogen (secondary N) is 2. The zero-order valence-corrected chi connectivity index (χ0v) is 37.0. The van der Waals surface area contributed by atoms with Gasteiger partial charge in [0.25, 0.3) is 5.79 Å². The lowest BCUT2D eigenvalue weighted by Gasteiger charge is -2.54. The van der Waals surface area contributed by atoms with Gasteiger partial charge in [0.15, 0.2) is 22.8 Å². The highest BCUT2D eigenvalue weighted by molar-refractivity contribution is 6.15. The van der Waals surface area contributed by atoms with Crippen LogP contribution in [0.15, 0.2) is 79.4 Å². The molecular formula is C49H67N7O7. The van der Waals surface area contributed by atoms with Crippen LogP contribution in [0, 0.1) is 23.2 Å². The number of aromatic amines is 1. The first-order chi connectivity index (χ1) is 30.2. The number of benzene rings is 2. The van der Waals surface area contributed by atoms with E-state index in [1.54, 1.807) is 48.7 Å². The van der Waals surface area contributed by atoms with Crippen molar-refractivity contribution in [2.75, 3.05) is 0 Å². The molecule has 2 aromatic carbocycles. The van der Waals surface area contributed by atoms with Crippen LogP contribution in [-0.2, 0) is 25.6 Å². The highest BCUT2D eigenvalue weighted by Gasteiger charge is 2.75. The molecule has 2 aliphatic carbocycles. The van der Waals surface area contributed by atoms with E-state index >= 15 is 14.4 Å². The lowest BCUT2D eigenvalue weighted by atomic mass is 9.55. The van der Waals surface area contributed by atoms with Gasteiger partial charge in [-0.05, 0) is 61.1 Å². The second-order valence-corrected chi connectivity index (χ2v) is 18.2. The minimum Gasteiger partial charge on any atom is -0.456 e. The third kappa shape index (κ3) is 9.80. The molecule has 14 nitrogen and oxygen atoms in total. The first-order valence-electron chi connectivity index (χ1n) is 22.8. The van der Waals surface area contributed by atoms with Gasteiger partial charge in [-0.3, -0.25) is 24.2 Å². The van der Waals surface area contributed by atoms with Crippen LogP contribution in [0.5, 0.6) is 5.75 Å². The van der Waals surface area contributed by atoms with E-state index in [0.717, 1.165) is 63.7 Å². The number of imidazole rings is 1. The predicted molar refractivity (Wildman–Crippen MR) is 241 cm³/mol. The third-order valence-corrected chi connectivity index (χ3v) is 14.1. The lowest BCUT2D eigenvalue weighted by Crippen LogP contribution is -2.81. The number of hydrogen-bond acceptors (Lipinski definition) is 12. The van der Waals surface area contributed by atoms with Crippen molar-refractivity contribution < 1.29 is 34.1 Å². The number of carbonyl (C=O) groups excluding carboxylic acids is 4. The number of Topliss-reactive ketones (excluding diaryl/α,β-unsaturated/α-hetero) is 3. The van der Waals surface area contributed by atoms with Crippen molar-refractivity contribution in [2.45, 2.75) is 146 Å². The fraction of sp³-hybridized carbons (Fsp3) is 0.551. The minimum absolute atomic E-state index is 0.0278. The standard InChI is InChI=1S/C49H67N7O7/c1-4-31(2)42(52)44(58)43(39-23-13-14-25-54-39)56-46(60)47(28-34-18-9-6-10-19-34,45(59)38(50)27-36-29-53-30-55-36)48(61,32(3)57)49(62,41(51)26-33-16-7-5-8-17-33)63-40-24-15-21-35-20-11-12-22-37(35)40/h11-15,20-25,29-31,33-34,38,41-43,61-62H,4-10,16-19,26-28,50-52H2,1-3H3,(H,53,55)(H,56,60)/t31-,38-,41-,42-,43?,47+,48-,49+/m0/s1. The number of ether oxygens (including phenoxy) is 1. The summed E-state index contributed by atoms with van der Waals surface area (Å²) in [6.07, 6.45) is 12.4. The summed E-state index contributed by atoms with van der Waals surface area (Å²) in [6, 6.07) is 11.5. The summed E-state index contributed by atoms with van der Waals surface area (Å²) < 4.78 is 6.72. The number of aromatic nitrogens is 3. The van der Waals surface area contributed by atoms with Gasteiger partial charge in [-0.1, -0.05) is 127 Å². The molecule has 340 valence electrons. The van der Waals surface area contributed by atoms with Gasteiger partial charge in [0.2, 0.25) is 11.5 Å². The SMILES string of the molecule is CC[C@H](C)[C@H](N)C(=O)C(NC(=O)[C@@](CC1CCCCC1)(C(=O)[C@@H](N)Cc1c[nH]cn1)[C@@](O)(C(C)=O)[C@](O)(Oc1cccc2ccccc12)[C@@H](N)CC1CCCCC1)c1ccccn1. The Bertz CT molecular complexity index is 2150. The topological polar surface area (TPSA) is 250 Å². The molecule has 10 N–H and O–H groups in total. The normalized spacial score (nSPS) is 20.5. The molecule has 1 amide bonds. The zero-order chi connectivity index (χ0) is 45.4. The Hall–Kier alpha value is -4.86. The number of aliphatic hydroxyl groups is 2. The quantitative estimate of drug-likeness (QED) is 0.0403. The van der Waals surface area contributed by atoms with Gasteiger partial charge < -0.3 is 42.5 Å². The molecule has 4 aromatic rings. The van der Waals surface area contributed by atoms with E-state index in [-0.39, 0.29) is 36.1 Å². The summed E-state index contributed by atoms with van der Waals surface area (Å²) >= 11 is 0. The number of carbonyl (C=O) groups is 4. The molecule has 2 aliphatic rings. The number of fused-ring (bicyclic) bond motifs is 1. The number of hydrogen-bond donors (Lipinski definition) is 7. The highest BCUT2D eigenvalue weighted by atomic mass is 16.6. The van der Waals surface area contributed by atoms with Crippen molar-refractivity contribution in [1.82, 2.24) is 20.3 Å². The monoisotopic (exact) mass is 866 g/mol. The smallest absolute Gasteiger partial charge is 0.261 e. The fourth-order valence-corrected chi connectivity index (χ4v) is 10.1. The molecular weight excluding hydrogens is 799 g/mol. The molecule has 0 radical (unpaired) electrons. The molecule has 0 saturated heterocycles. The molecule has 2 aromatic heterocycles. The lowest BCUT2D eigenvalue weighted by molar-refractivity contribution is -0.288. The molecule has 6 rings (SSSR count). The Morgan fingerprint density at radius 3 is 2.14 bits per heavy atom. The van der Waals surface area contributed by atoms with Gasteiger partial charge in [-0.15, -0.1) is 0 Å². The molecule has 14 heteroatoms. The second kappa shape index (κ2) is 20.8. The number of H-pyrrole nitrogens is 1. The van der Waals surface area contributed by atoms with Crippen molar-refractivity contribution in [2.24, 2.45) is 40.4 Å². The zero-order valence-electron chi connectivity index (χ0n) is 37.0. The van der Waals surface area contributed by atoms with E-state index in [1.807, 2.05) is 32.0 Å². The maximum absolute atomic E-state index is 16.2. The molecule has 63 heavy (non-hydrogen) atoms. The van der Waals surface area contributed by atoms with Crippen LogP contribution in [-0.4, -0.2) is 77.9 Å². The maximum Gasteiger partial charge on any atom is 0.261 e. The Morgan fingerprint density at radius 1 is 0.873 bits per heavy atom. The average molecular weight is 866 g/mol. The molecule has 8 atom stereocenters. The van der Waals surface area contributed by atoms with Crippen molar-refractivity contribution >= 4 is 34.0 Å². The fourth-order valence-electron chi connectivity index (χ4n) is 10.1. The van der Waals surface area contributed by atoms with Crippen LogP contribution in [0.1, 0.15) is 122 Å². The van der Waals surface area contributed by atoms with Crippen LogP contribution < -0.4 is 27.3 Å². The number of nitrogens with two attached hydrogens (primary N) is 3. The van der Waals surface area contributed by atoms with E-state index in [4.69, 9.17) is 21.9 Å². The molecule has 1 unspecified atom stereocenters. The Labute approximate surface area is 370 Å². The van der Waals surface area contributed by atoms with Crippen LogP contribution in [0.2, 0.25) is 0 Å². The van der Waals surface area contributed by atoms with E-state index in [9.17, 15) is 15.0 Å². The minimum atomic E-state index is -3.43. The van der Waals surface area contributed by atoms with Crippen LogP contribution in [0.4, 0.5) is 0 Å². The van der Waals surface area contributed by atoms with Crippen LogP contribution >= 0.6 is 0 Å². The van der Waals surface area contributed by atoms with Gasteiger partial charge in [0, 0.05) is 24.2 Å². The number of ketones is 3. The molecule has 2 fully saturated rings. The predicted octanol–water partition coefficient (Wildman–Crippen LogP) is 5.54. The van der Waals surface area contributed by atoms with Gasteiger partial charge in [0.05, 0.1) is 35.8 Å². The Morgan fingerprint density at radius 2 is 1.52 bits per heavy atom. The van der Waals surface area contributed by atoms with E-state index < -0.39 is 76.6 Å². The molecule has 0 spiro atoms. The largest absolute Gasteiger partial charge is 0.456 e. The van der Waals surface area contributed by atoms with E-state index in [1.165, 1.54) is 12.5 Å².